The Kier molecular flexibility index (Phi) is 2.93. The van der Waals surface area contributed by atoms with Gasteiger partial charge in [0, 0.05) is 6.07 Å². The molecule has 0 heterocycles. The van der Waals surface area contributed by atoms with Gasteiger partial charge in [0.1, 0.15) is 11.4 Å². The van der Waals surface area contributed by atoms with E-state index in [-0.39, 0.29) is 10.0 Å². The van der Waals surface area contributed by atoms with Gasteiger partial charge in [0.15, 0.2) is 11.5 Å². The molecule has 0 unspecified atom stereocenters. The molecular weight excluding hydrogens is 293 g/mol. The van der Waals surface area contributed by atoms with Crippen molar-refractivity contribution in [2.75, 3.05) is 0 Å². The van der Waals surface area contributed by atoms with Crippen molar-refractivity contribution in [1.82, 2.24) is 0 Å². The Hall–Kier alpha value is -1.39. The molecule has 4 nitrogen and oxygen atoms in total. The fourth-order valence-corrected chi connectivity index (χ4v) is 2.46. The van der Waals surface area contributed by atoms with E-state index in [1.807, 2.05) is 0 Å². The topological polar surface area (TPSA) is 69.9 Å². The van der Waals surface area contributed by atoms with Crippen molar-refractivity contribution >= 4 is 22.0 Å². The summed E-state index contributed by atoms with van der Waals surface area (Å²) < 4.78 is 14.0. The third-order valence-electron chi connectivity index (χ3n) is 3.08. The normalized spacial score (nSPS) is 17.1. The number of aliphatic imine (C=N–C) groups is 1. The highest BCUT2D eigenvalue weighted by Crippen LogP contribution is 2.52. The second-order valence-electron chi connectivity index (χ2n) is 4.00. The van der Waals surface area contributed by atoms with Gasteiger partial charge in [-0.2, -0.15) is 4.99 Å². The number of carbonyl (C=O) groups excluding carboxylic acids is 1. The molecular formula is C11H9BrFNO3. The van der Waals surface area contributed by atoms with Gasteiger partial charge >= 0.3 is 0 Å². The molecule has 0 bridgehead atoms. The van der Waals surface area contributed by atoms with Gasteiger partial charge in [-0.15, -0.1) is 0 Å². The van der Waals surface area contributed by atoms with Gasteiger partial charge in [-0.05, 0) is 35.2 Å². The van der Waals surface area contributed by atoms with E-state index in [4.69, 9.17) is 0 Å². The lowest BCUT2D eigenvalue weighted by Crippen LogP contribution is -2.33. The first kappa shape index (κ1) is 12.1. The van der Waals surface area contributed by atoms with Crippen LogP contribution >= 0.6 is 15.9 Å². The molecule has 0 radical (unpaired) electrons. The zero-order valence-electron chi connectivity index (χ0n) is 8.70. The lowest BCUT2D eigenvalue weighted by atomic mass is 9.71. The number of phenols is 2. The van der Waals surface area contributed by atoms with Crippen LogP contribution in [0.5, 0.6) is 11.5 Å². The van der Waals surface area contributed by atoms with E-state index in [0.29, 0.717) is 12.8 Å². The zero-order valence-corrected chi connectivity index (χ0v) is 10.3. The van der Waals surface area contributed by atoms with Gasteiger partial charge in [-0.3, -0.25) is 0 Å². The van der Waals surface area contributed by atoms with Crippen LogP contribution < -0.4 is 0 Å². The number of nitrogens with zero attached hydrogens (tertiary/aromatic N) is 1. The Balaban J connectivity index is 2.69. The smallest absolute Gasteiger partial charge is 0.235 e. The fourth-order valence-electron chi connectivity index (χ4n) is 2.04. The van der Waals surface area contributed by atoms with Crippen molar-refractivity contribution < 1.29 is 19.4 Å². The minimum Gasteiger partial charge on any atom is -0.504 e. The quantitative estimate of drug-likeness (QED) is 0.501. The number of phenolic OH excluding ortho intramolecular Hbond substituents is 2. The van der Waals surface area contributed by atoms with Gasteiger partial charge in [0.25, 0.3) is 0 Å². The largest absolute Gasteiger partial charge is 0.504 e. The maximum Gasteiger partial charge on any atom is 0.235 e. The highest BCUT2D eigenvalue weighted by molar-refractivity contribution is 9.10. The van der Waals surface area contributed by atoms with Crippen molar-refractivity contribution in [3.8, 4) is 11.5 Å². The van der Waals surface area contributed by atoms with Crippen LogP contribution in [0.15, 0.2) is 15.5 Å². The minimum absolute atomic E-state index is 0.0233. The summed E-state index contributed by atoms with van der Waals surface area (Å²) in [5.74, 6) is -1.72. The Morgan fingerprint density at radius 3 is 2.59 bits per heavy atom. The molecule has 0 aliphatic heterocycles. The summed E-state index contributed by atoms with van der Waals surface area (Å²) in [6.07, 6.45) is 3.07. The third-order valence-corrected chi connectivity index (χ3v) is 3.65. The molecule has 1 aliphatic carbocycles. The number of hydrogen-bond acceptors (Lipinski definition) is 4. The Morgan fingerprint density at radius 2 is 2.12 bits per heavy atom. The molecule has 2 rings (SSSR count). The highest BCUT2D eigenvalue weighted by atomic mass is 79.9. The van der Waals surface area contributed by atoms with E-state index in [1.165, 1.54) is 6.08 Å². The van der Waals surface area contributed by atoms with Crippen LogP contribution in [-0.4, -0.2) is 16.3 Å². The molecule has 90 valence electrons. The molecule has 1 aliphatic rings. The summed E-state index contributed by atoms with van der Waals surface area (Å²) in [7, 11) is 0. The molecule has 0 atom stereocenters. The van der Waals surface area contributed by atoms with Crippen molar-refractivity contribution in [3.63, 3.8) is 0 Å². The lowest BCUT2D eigenvalue weighted by molar-refractivity contribution is 0.235. The predicted octanol–water partition coefficient (Wildman–Crippen LogP) is 2.71. The van der Waals surface area contributed by atoms with Crippen LogP contribution in [0.3, 0.4) is 0 Å². The molecule has 2 N–H and O–H groups in total. The second-order valence-corrected chi connectivity index (χ2v) is 4.86. The Labute approximate surface area is 105 Å². The van der Waals surface area contributed by atoms with E-state index in [1.54, 1.807) is 0 Å². The monoisotopic (exact) mass is 301 g/mol. The number of rotatable bonds is 2. The predicted molar refractivity (Wildman–Crippen MR) is 61.1 cm³/mol. The van der Waals surface area contributed by atoms with Crippen molar-refractivity contribution in [3.05, 3.63) is 21.9 Å². The number of aromatic hydroxyl groups is 2. The Morgan fingerprint density at radius 1 is 1.47 bits per heavy atom. The van der Waals surface area contributed by atoms with Gasteiger partial charge in [-0.1, -0.05) is 0 Å². The minimum atomic E-state index is -1.09. The van der Waals surface area contributed by atoms with Crippen LogP contribution in [0.1, 0.15) is 24.8 Å². The second kappa shape index (κ2) is 4.13. The standard InChI is InChI=1S/C11H9BrFNO3/c12-6-4-7(16)10(17)8(9(6)13)11(14-5-15)2-1-3-11/h4,16-17H,1-3H2. The SMILES string of the molecule is O=C=NC1(c2c(O)c(O)cc(Br)c2F)CCC1. The fraction of sp³-hybridized carbons (Fsp3) is 0.364. The summed E-state index contributed by atoms with van der Waals surface area (Å²) in [4.78, 5) is 14.0. The third kappa shape index (κ3) is 1.73. The lowest BCUT2D eigenvalue weighted by Gasteiger charge is -2.37. The number of hydrogen-bond donors (Lipinski definition) is 2. The molecule has 1 aromatic rings. The molecule has 0 spiro atoms. The Bertz CT molecular complexity index is 496. The summed E-state index contributed by atoms with van der Waals surface area (Å²) >= 11 is 2.94. The average molecular weight is 302 g/mol. The van der Waals surface area contributed by atoms with E-state index in [9.17, 15) is 19.4 Å². The van der Waals surface area contributed by atoms with Gasteiger partial charge in [0.05, 0.1) is 10.0 Å². The van der Waals surface area contributed by atoms with E-state index in [2.05, 4.69) is 20.9 Å². The first-order valence-electron chi connectivity index (χ1n) is 5.01. The summed E-state index contributed by atoms with van der Waals surface area (Å²) in [5.41, 5.74) is -1.23. The van der Waals surface area contributed by atoms with Crippen LogP contribution in [-0.2, 0) is 10.3 Å². The molecule has 0 aromatic heterocycles. The molecule has 1 aromatic carbocycles. The number of benzene rings is 1. The van der Waals surface area contributed by atoms with Gasteiger partial charge in [-0.25, -0.2) is 9.18 Å². The molecule has 1 saturated carbocycles. The van der Waals surface area contributed by atoms with Crippen molar-refractivity contribution in [2.24, 2.45) is 4.99 Å². The molecule has 1 fully saturated rings. The zero-order chi connectivity index (χ0) is 12.6. The van der Waals surface area contributed by atoms with E-state index in [0.717, 1.165) is 12.5 Å². The average Bonchev–Trinajstić information content (AvgIpc) is 2.23. The van der Waals surface area contributed by atoms with Crippen LogP contribution in [0.4, 0.5) is 4.39 Å². The van der Waals surface area contributed by atoms with Gasteiger partial charge < -0.3 is 10.2 Å². The van der Waals surface area contributed by atoms with Crippen LogP contribution in [0, 0.1) is 5.82 Å². The molecule has 0 amide bonds. The summed E-state index contributed by atoms with van der Waals surface area (Å²) in [6.45, 7) is 0. The van der Waals surface area contributed by atoms with Gasteiger partial charge in [0.2, 0.25) is 6.08 Å². The first-order valence-corrected chi connectivity index (χ1v) is 5.80. The van der Waals surface area contributed by atoms with E-state index < -0.39 is 22.9 Å². The summed E-state index contributed by atoms with van der Waals surface area (Å²) in [5, 5.41) is 19.2. The molecule has 0 saturated heterocycles. The highest BCUT2D eigenvalue weighted by Gasteiger charge is 2.44. The maximum absolute atomic E-state index is 14.0. The number of halogens is 2. The molecule has 6 heteroatoms. The van der Waals surface area contributed by atoms with Crippen molar-refractivity contribution in [2.45, 2.75) is 24.8 Å². The van der Waals surface area contributed by atoms with Crippen LogP contribution in [0.2, 0.25) is 0 Å². The van der Waals surface area contributed by atoms with Crippen LogP contribution in [0.25, 0.3) is 0 Å². The van der Waals surface area contributed by atoms with Crippen molar-refractivity contribution in [1.29, 1.82) is 0 Å². The summed E-state index contributed by atoms with van der Waals surface area (Å²) in [6, 6.07) is 1.06. The maximum atomic E-state index is 14.0. The van der Waals surface area contributed by atoms with E-state index >= 15 is 0 Å². The number of isocyanates is 1. The first-order chi connectivity index (χ1) is 8.02. The molecule has 17 heavy (non-hydrogen) atoms.